The Hall–Kier alpha value is -1.66. The maximum Gasteiger partial charge on any atom is 0.305 e. The normalized spacial score (nSPS) is 12.6. The zero-order chi connectivity index (χ0) is 53.6. The van der Waals surface area contributed by atoms with Crippen LogP contribution in [0.1, 0.15) is 373 Å². The third kappa shape index (κ3) is 59.6. The number of hydrogen-bond acceptors (Lipinski definition) is 5. The summed E-state index contributed by atoms with van der Waals surface area (Å²) in [5, 5.41) is 23.1. The molecule has 0 aromatic carbocycles. The molecule has 0 aliphatic heterocycles. The molecular formula is C68H131NO5. The smallest absolute Gasteiger partial charge is 0.305 e. The van der Waals surface area contributed by atoms with Crippen LogP contribution >= 0.6 is 0 Å². The van der Waals surface area contributed by atoms with Gasteiger partial charge in [-0.15, -0.1) is 0 Å². The number of nitrogens with one attached hydrogen (secondary N) is 1. The van der Waals surface area contributed by atoms with Crippen LogP contribution in [-0.4, -0.2) is 47.4 Å². The minimum atomic E-state index is -0.842. The van der Waals surface area contributed by atoms with Gasteiger partial charge in [-0.1, -0.05) is 327 Å². The van der Waals surface area contributed by atoms with Crippen molar-refractivity contribution in [2.45, 2.75) is 386 Å². The molecule has 0 aliphatic carbocycles. The van der Waals surface area contributed by atoms with E-state index in [4.69, 9.17) is 4.74 Å². The second kappa shape index (κ2) is 63.9. The first-order valence-corrected chi connectivity index (χ1v) is 33.6. The van der Waals surface area contributed by atoms with Crippen LogP contribution in [-0.2, 0) is 14.3 Å². The summed E-state index contributed by atoms with van der Waals surface area (Å²) in [7, 11) is 0. The van der Waals surface area contributed by atoms with Gasteiger partial charge in [-0.05, 0) is 57.8 Å². The van der Waals surface area contributed by atoms with Crippen molar-refractivity contribution in [2.75, 3.05) is 13.2 Å². The van der Waals surface area contributed by atoms with Crippen molar-refractivity contribution < 1.29 is 24.5 Å². The van der Waals surface area contributed by atoms with Crippen molar-refractivity contribution >= 4 is 11.9 Å². The summed E-state index contributed by atoms with van der Waals surface area (Å²) in [6, 6.07) is -0.625. The highest BCUT2D eigenvalue weighted by molar-refractivity contribution is 5.76. The zero-order valence-corrected chi connectivity index (χ0v) is 50.1. The molecule has 1 amide bonds. The summed E-state index contributed by atoms with van der Waals surface area (Å²) in [6.07, 6.45) is 79.7. The summed E-state index contributed by atoms with van der Waals surface area (Å²) in [5.41, 5.74) is 0. The van der Waals surface area contributed by atoms with E-state index in [9.17, 15) is 19.8 Å². The van der Waals surface area contributed by atoms with E-state index < -0.39 is 12.1 Å². The Balaban J connectivity index is 3.36. The Kier molecular flexibility index (Phi) is 62.4. The van der Waals surface area contributed by atoms with E-state index in [1.165, 1.54) is 308 Å². The summed E-state index contributed by atoms with van der Waals surface area (Å²) in [6.45, 7) is 4.93. The van der Waals surface area contributed by atoms with Crippen LogP contribution in [0.4, 0.5) is 0 Å². The van der Waals surface area contributed by atoms with Gasteiger partial charge in [-0.25, -0.2) is 0 Å². The molecule has 0 radical (unpaired) electrons. The van der Waals surface area contributed by atoms with Crippen molar-refractivity contribution in [1.82, 2.24) is 5.32 Å². The van der Waals surface area contributed by atoms with Gasteiger partial charge in [-0.2, -0.15) is 0 Å². The van der Waals surface area contributed by atoms with Crippen LogP contribution in [0, 0.1) is 0 Å². The molecule has 2 atom stereocenters. The molecule has 0 rings (SSSR count). The lowest BCUT2D eigenvalue weighted by atomic mass is 10.0. The SMILES string of the molecule is CCCCCCCCCCCCC/C=C/C(O)C(CO)NC(=O)CCCCCCCCCCCCCCCCC/C=C\CCCCCCCCCCCCCCOC(=O)CCCCCCCCCCCCCCC. The largest absolute Gasteiger partial charge is 0.466 e. The summed E-state index contributed by atoms with van der Waals surface area (Å²) >= 11 is 0. The van der Waals surface area contributed by atoms with E-state index in [-0.39, 0.29) is 18.5 Å². The molecule has 0 saturated carbocycles. The zero-order valence-electron chi connectivity index (χ0n) is 50.1. The van der Waals surface area contributed by atoms with Crippen LogP contribution in [0.2, 0.25) is 0 Å². The molecule has 0 aromatic rings. The highest BCUT2D eigenvalue weighted by atomic mass is 16.5. The molecule has 6 heteroatoms. The second-order valence-electron chi connectivity index (χ2n) is 23.2. The number of hydrogen-bond donors (Lipinski definition) is 3. The number of unbranched alkanes of at least 4 members (excludes halogenated alkanes) is 50. The number of aliphatic hydroxyl groups excluding tert-OH is 2. The molecule has 438 valence electrons. The highest BCUT2D eigenvalue weighted by Crippen LogP contribution is 2.18. The Morgan fingerprint density at radius 2 is 0.635 bits per heavy atom. The summed E-state index contributed by atoms with van der Waals surface area (Å²) < 4.78 is 5.49. The van der Waals surface area contributed by atoms with Crippen LogP contribution in [0.5, 0.6) is 0 Å². The fraction of sp³-hybridized carbons (Fsp3) is 0.912. The van der Waals surface area contributed by atoms with E-state index in [2.05, 4.69) is 31.3 Å². The fourth-order valence-electron chi connectivity index (χ4n) is 10.6. The second-order valence-corrected chi connectivity index (χ2v) is 23.2. The molecule has 0 spiro atoms. The predicted octanol–water partition coefficient (Wildman–Crippen LogP) is 21.4. The van der Waals surface area contributed by atoms with Crippen molar-refractivity contribution in [3.05, 3.63) is 24.3 Å². The first kappa shape index (κ1) is 72.3. The Labute approximate surface area is 462 Å². The van der Waals surface area contributed by atoms with Gasteiger partial charge in [0.1, 0.15) is 0 Å². The molecule has 2 unspecified atom stereocenters. The number of allylic oxidation sites excluding steroid dienone is 3. The standard InChI is InChI=1S/C68H131NO5/c1-3-5-7-9-11-13-15-36-40-44-48-52-56-60-66(71)65(64-70)69-67(72)61-57-53-49-45-41-38-34-32-30-28-26-24-22-20-18-17-19-21-23-25-27-29-31-33-35-39-43-47-51-55-59-63-74-68(73)62-58-54-50-46-42-37-16-14-12-10-8-6-4-2/h19,21,56,60,65-66,70-71H,3-18,20,22-55,57-59,61-64H2,1-2H3,(H,69,72)/b21-19-,60-56+. The lowest BCUT2D eigenvalue weighted by molar-refractivity contribution is -0.143. The average Bonchev–Trinajstić information content (AvgIpc) is 3.40. The molecule has 0 fully saturated rings. The maximum absolute atomic E-state index is 12.5. The number of esters is 1. The number of amides is 1. The average molecular weight is 1040 g/mol. The molecule has 0 bridgehead atoms. The van der Waals surface area contributed by atoms with Gasteiger partial charge in [0, 0.05) is 12.8 Å². The molecule has 3 N–H and O–H groups in total. The van der Waals surface area contributed by atoms with Gasteiger partial charge >= 0.3 is 5.97 Å². The van der Waals surface area contributed by atoms with Gasteiger partial charge in [0.25, 0.3) is 0 Å². The minimum Gasteiger partial charge on any atom is -0.466 e. The lowest BCUT2D eigenvalue weighted by Gasteiger charge is -2.20. The van der Waals surface area contributed by atoms with Crippen LogP contribution < -0.4 is 5.32 Å². The molecule has 0 heterocycles. The predicted molar refractivity (Wildman–Crippen MR) is 324 cm³/mol. The van der Waals surface area contributed by atoms with E-state index >= 15 is 0 Å². The first-order valence-electron chi connectivity index (χ1n) is 33.6. The monoisotopic (exact) mass is 1040 g/mol. The summed E-state index contributed by atoms with van der Waals surface area (Å²) in [4.78, 5) is 24.5. The van der Waals surface area contributed by atoms with E-state index in [0.717, 1.165) is 38.5 Å². The van der Waals surface area contributed by atoms with Gasteiger partial charge < -0.3 is 20.3 Å². The molecule has 74 heavy (non-hydrogen) atoms. The third-order valence-corrected chi connectivity index (χ3v) is 15.7. The van der Waals surface area contributed by atoms with E-state index in [0.29, 0.717) is 19.4 Å². The van der Waals surface area contributed by atoms with E-state index in [1.54, 1.807) is 6.08 Å². The molecule has 0 aromatic heterocycles. The Morgan fingerprint density at radius 3 is 0.959 bits per heavy atom. The quantitative estimate of drug-likeness (QED) is 0.0320. The number of carbonyl (C=O) groups is 2. The van der Waals surface area contributed by atoms with Gasteiger partial charge in [0.2, 0.25) is 5.91 Å². The number of carbonyl (C=O) groups excluding carboxylic acids is 2. The van der Waals surface area contributed by atoms with Crippen LogP contribution in [0.3, 0.4) is 0 Å². The third-order valence-electron chi connectivity index (χ3n) is 15.7. The molecule has 6 nitrogen and oxygen atoms in total. The van der Waals surface area contributed by atoms with Crippen molar-refractivity contribution in [3.63, 3.8) is 0 Å². The summed E-state index contributed by atoms with van der Waals surface area (Å²) in [5.74, 6) is -0.0452. The van der Waals surface area contributed by atoms with E-state index in [1.807, 2.05) is 6.08 Å². The van der Waals surface area contributed by atoms with Crippen LogP contribution in [0.25, 0.3) is 0 Å². The first-order chi connectivity index (χ1) is 36.5. The van der Waals surface area contributed by atoms with Gasteiger partial charge in [0.05, 0.1) is 25.4 Å². The minimum absolute atomic E-state index is 0.0193. The van der Waals surface area contributed by atoms with Gasteiger partial charge in [-0.3, -0.25) is 9.59 Å². The Morgan fingerprint density at radius 1 is 0.365 bits per heavy atom. The maximum atomic E-state index is 12.5. The van der Waals surface area contributed by atoms with Crippen molar-refractivity contribution in [1.29, 1.82) is 0 Å². The number of rotatable bonds is 63. The van der Waals surface area contributed by atoms with Gasteiger partial charge in [0.15, 0.2) is 0 Å². The highest BCUT2D eigenvalue weighted by Gasteiger charge is 2.18. The topological polar surface area (TPSA) is 95.9 Å². The fourth-order valence-corrected chi connectivity index (χ4v) is 10.6. The molecule has 0 saturated heterocycles. The number of aliphatic hydroxyl groups is 2. The molecular weight excluding hydrogens is 911 g/mol. The lowest BCUT2D eigenvalue weighted by Crippen LogP contribution is -2.45. The molecule has 0 aliphatic rings. The van der Waals surface area contributed by atoms with Crippen LogP contribution in [0.15, 0.2) is 24.3 Å². The van der Waals surface area contributed by atoms with Crippen molar-refractivity contribution in [2.24, 2.45) is 0 Å². The Bertz CT molecular complexity index is 1150. The van der Waals surface area contributed by atoms with Crippen molar-refractivity contribution in [3.8, 4) is 0 Å². The number of ether oxygens (including phenoxy) is 1.